The van der Waals surface area contributed by atoms with E-state index in [0.717, 1.165) is 31.1 Å². The van der Waals surface area contributed by atoms with Gasteiger partial charge in [0.05, 0.1) is 34.9 Å². The molecule has 2 saturated heterocycles. The summed E-state index contributed by atoms with van der Waals surface area (Å²) in [6.45, 7) is 6.35. The van der Waals surface area contributed by atoms with Crippen LogP contribution in [0.2, 0.25) is 0 Å². The van der Waals surface area contributed by atoms with Gasteiger partial charge in [-0.3, -0.25) is 0 Å². The first-order chi connectivity index (χ1) is 19.0. The molecule has 9 heteroatoms. The lowest BCUT2D eigenvalue weighted by atomic mass is 9.41. The molecule has 3 heterocycles. The Kier molecular flexibility index (Phi) is 6.40. The van der Waals surface area contributed by atoms with Crippen molar-refractivity contribution in [2.45, 2.75) is 133 Å². The maximum absolute atomic E-state index is 13.1. The fraction of sp³-hybridized carbons (Fsp3) is 0.871. The Labute approximate surface area is 235 Å². The zero-order chi connectivity index (χ0) is 28.1. The lowest BCUT2D eigenvalue weighted by Crippen LogP contribution is -2.69. The first kappa shape index (κ1) is 27.5. The summed E-state index contributed by atoms with van der Waals surface area (Å²) >= 11 is 0. The van der Waals surface area contributed by atoms with E-state index in [1.807, 2.05) is 13.8 Å². The summed E-state index contributed by atoms with van der Waals surface area (Å²) in [6.07, 6.45) is 7.67. The molecule has 7 aliphatic rings. The largest absolute Gasteiger partial charge is 0.458 e. The van der Waals surface area contributed by atoms with E-state index in [1.54, 1.807) is 6.08 Å². The molecule has 0 aromatic heterocycles. The lowest BCUT2D eigenvalue weighted by molar-refractivity contribution is -0.278. The number of carbonyl (C=O) groups excluding carboxylic acids is 2. The van der Waals surface area contributed by atoms with Crippen molar-refractivity contribution in [2.24, 2.45) is 28.6 Å². The summed E-state index contributed by atoms with van der Waals surface area (Å²) in [5.41, 5.74) is -2.42. The van der Waals surface area contributed by atoms with E-state index in [2.05, 4.69) is 6.92 Å². The Hall–Kier alpha value is -1.36. The highest BCUT2D eigenvalue weighted by Crippen LogP contribution is 2.70. The minimum atomic E-state index is -1.18. The molecule has 0 spiro atoms. The number of esters is 1. The van der Waals surface area contributed by atoms with Gasteiger partial charge in [-0.1, -0.05) is 6.92 Å². The predicted octanol–water partition coefficient (Wildman–Crippen LogP) is 3.19. The molecule has 0 bridgehead atoms. The molecule has 3 aliphatic heterocycles. The second-order valence-electron chi connectivity index (χ2n) is 14.1. The number of aliphatic hydroxyl groups is 2. The van der Waals surface area contributed by atoms with Crippen LogP contribution in [0.3, 0.4) is 0 Å². The van der Waals surface area contributed by atoms with E-state index in [0.29, 0.717) is 51.6 Å². The van der Waals surface area contributed by atoms with Crippen LogP contribution in [-0.2, 0) is 33.3 Å². The second-order valence-corrected chi connectivity index (χ2v) is 14.1. The van der Waals surface area contributed by atoms with E-state index < -0.39 is 22.9 Å². The average molecular weight is 561 g/mol. The SMILES string of the molecule is C[C@@H]1O[C@H]2[C@@H](C)O[C@@H](O[C@H]3CC[C@]4(C=O)[C@H]5CC[C@]6(C)[C@@H](C7=CC(=O)OC7)CC[C@]6(O)[C@@H]5CC[C@]4(O)C3)C[C@H]2O1. The number of carbonyl (C=O) groups is 2. The van der Waals surface area contributed by atoms with Crippen molar-refractivity contribution in [3.63, 3.8) is 0 Å². The summed E-state index contributed by atoms with van der Waals surface area (Å²) in [4.78, 5) is 24.9. The molecule has 0 aromatic carbocycles. The topological polar surface area (TPSA) is 121 Å². The van der Waals surface area contributed by atoms with Gasteiger partial charge >= 0.3 is 5.97 Å². The van der Waals surface area contributed by atoms with Crippen molar-refractivity contribution >= 4 is 12.3 Å². The molecule has 4 saturated carbocycles. The fourth-order valence-electron chi connectivity index (χ4n) is 10.6. The summed E-state index contributed by atoms with van der Waals surface area (Å²) in [5.74, 6) is -0.361. The standard InChI is InChI=1S/C31H44O9/c1-17-27-24(38-18(2)39-27)13-26(37-17)40-20-4-9-29(16-32)22-5-8-28(3)21(19-12-25(33)36-15-19)7-11-31(28,35)23(22)6-10-30(29,34)14-20/h12,16-18,20-24,26-27,34-35H,4-11,13-15H2,1-3H3/t17-,18+,20+,21-,22+,23-,24-,26+,27+,28-,29+,30+,31+/m1/s1. The number of rotatable bonds is 4. The molecule has 222 valence electrons. The van der Waals surface area contributed by atoms with Gasteiger partial charge < -0.3 is 38.7 Å². The average Bonchev–Trinajstić information content (AvgIpc) is 3.58. The van der Waals surface area contributed by atoms with E-state index >= 15 is 0 Å². The van der Waals surface area contributed by atoms with Crippen molar-refractivity contribution in [3.05, 3.63) is 11.6 Å². The summed E-state index contributed by atoms with van der Waals surface area (Å²) in [6, 6.07) is 0. The Morgan fingerprint density at radius 3 is 2.55 bits per heavy atom. The summed E-state index contributed by atoms with van der Waals surface area (Å²) in [5, 5.41) is 24.6. The minimum absolute atomic E-state index is 0.0706. The molecule has 13 atom stereocenters. The summed E-state index contributed by atoms with van der Waals surface area (Å²) in [7, 11) is 0. The van der Waals surface area contributed by atoms with Gasteiger partial charge in [-0.05, 0) is 88.5 Å². The Balaban J connectivity index is 1.09. The normalized spacial score (nSPS) is 55.5. The molecule has 40 heavy (non-hydrogen) atoms. The van der Waals surface area contributed by atoms with Crippen molar-refractivity contribution in [1.82, 2.24) is 0 Å². The van der Waals surface area contributed by atoms with Crippen molar-refractivity contribution in [1.29, 1.82) is 0 Å². The maximum Gasteiger partial charge on any atom is 0.331 e. The highest BCUT2D eigenvalue weighted by molar-refractivity contribution is 5.85. The fourth-order valence-corrected chi connectivity index (χ4v) is 10.6. The highest BCUT2D eigenvalue weighted by Gasteiger charge is 2.71. The summed E-state index contributed by atoms with van der Waals surface area (Å²) < 4.78 is 29.6. The van der Waals surface area contributed by atoms with Crippen LogP contribution in [0.4, 0.5) is 0 Å². The molecule has 2 N–H and O–H groups in total. The van der Waals surface area contributed by atoms with Crippen LogP contribution < -0.4 is 0 Å². The number of aldehydes is 1. The third kappa shape index (κ3) is 3.73. The van der Waals surface area contributed by atoms with Gasteiger partial charge in [0.25, 0.3) is 0 Å². The van der Waals surface area contributed by atoms with Crippen LogP contribution in [-0.4, -0.2) is 77.3 Å². The zero-order valence-corrected chi connectivity index (χ0v) is 23.9. The molecule has 6 fully saturated rings. The molecule has 7 rings (SSSR count). The minimum Gasteiger partial charge on any atom is -0.458 e. The van der Waals surface area contributed by atoms with E-state index in [9.17, 15) is 19.8 Å². The maximum atomic E-state index is 13.1. The Morgan fingerprint density at radius 2 is 1.80 bits per heavy atom. The first-order valence-corrected chi connectivity index (χ1v) is 15.4. The van der Waals surface area contributed by atoms with E-state index in [1.165, 1.54) is 0 Å². The molecule has 4 aliphatic carbocycles. The number of cyclic esters (lactones) is 1. The molecule has 0 unspecified atom stereocenters. The van der Waals surface area contributed by atoms with Crippen LogP contribution in [0.15, 0.2) is 11.6 Å². The molecule has 9 nitrogen and oxygen atoms in total. The number of hydrogen-bond donors (Lipinski definition) is 2. The molecule has 0 amide bonds. The van der Waals surface area contributed by atoms with Gasteiger partial charge in [0.2, 0.25) is 0 Å². The monoisotopic (exact) mass is 560 g/mol. The van der Waals surface area contributed by atoms with Crippen LogP contribution in [0, 0.1) is 28.6 Å². The van der Waals surface area contributed by atoms with Gasteiger partial charge in [-0.15, -0.1) is 0 Å². The predicted molar refractivity (Wildman–Crippen MR) is 141 cm³/mol. The number of fused-ring (bicyclic) bond motifs is 6. The Bertz CT molecular complexity index is 1090. The van der Waals surface area contributed by atoms with Gasteiger partial charge in [0.1, 0.15) is 19.0 Å². The van der Waals surface area contributed by atoms with Crippen molar-refractivity contribution in [2.75, 3.05) is 6.61 Å². The smallest absolute Gasteiger partial charge is 0.331 e. The number of ether oxygens (including phenoxy) is 5. The number of hydrogen-bond acceptors (Lipinski definition) is 9. The van der Waals surface area contributed by atoms with Crippen LogP contribution >= 0.6 is 0 Å². The van der Waals surface area contributed by atoms with Gasteiger partial charge in [0.15, 0.2) is 12.6 Å². The lowest BCUT2D eigenvalue weighted by Gasteiger charge is -2.65. The van der Waals surface area contributed by atoms with Gasteiger partial charge in [0, 0.05) is 24.3 Å². The van der Waals surface area contributed by atoms with Crippen molar-refractivity contribution in [3.8, 4) is 0 Å². The zero-order valence-electron chi connectivity index (χ0n) is 23.9. The van der Waals surface area contributed by atoms with Gasteiger partial charge in [-0.2, -0.15) is 0 Å². The molecule has 0 radical (unpaired) electrons. The third-order valence-electron chi connectivity index (χ3n) is 12.5. The van der Waals surface area contributed by atoms with Crippen molar-refractivity contribution < 1.29 is 43.5 Å². The van der Waals surface area contributed by atoms with Crippen LogP contribution in [0.25, 0.3) is 0 Å². The van der Waals surface area contributed by atoms with Crippen LogP contribution in [0.1, 0.15) is 85.0 Å². The third-order valence-corrected chi connectivity index (χ3v) is 12.5. The second kappa shape index (κ2) is 9.32. The Morgan fingerprint density at radius 1 is 1.00 bits per heavy atom. The molecule has 0 aromatic rings. The van der Waals surface area contributed by atoms with Gasteiger partial charge in [-0.25, -0.2) is 4.79 Å². The van der Waals surface area contributed by atoms with E-state index in [4.69, 9.17) is 23.7 Å². The first-order valence-electron chi connectivity index (χ1n) is 15.4. The molecular formula is C31H44O9. The highest BCUT2D eigenvalue weighted by atomic mass is 16.8. The quantitative estimate of drug-likeness (QED) is 0.303. The van der Waals surface area contributed by atoms with E-state index in [-0.39, 0.29) is 59.8 Å². The molecular weight excluding hydrogens is 516 g/mol. The van der Waals surface area contributed by atoms with Crippen LogP contribution in [0.5, 0.6) is 0 Å².